The molecule has 0 aliphatic carbocycles. The molecule has 2 aromatic carbocycles. The minimum Gasteiger partial charge on any atom is -0.489 e. The first kappa shape index (κ1) is 18.4. The fourth-order valence-electron chi connectivity index (χ4n) is 2.82. The molecule has 0 aliphatic rings. The summed E-state index contributed by atoms with van der Waals surface area (Å²) in [7, 11) is 0. The molecule has 5 nitrogen and oxygen atoms in total. The highest BCUT2D eigenvalue weighted by Crippen LogP contribution is 2.24. The van der Waals surface area contributed by atoms with Crippen LogP contribution in [0.3, 0.4) is 0 Å². The van der Waals surface area contributed by atoms with Crippen molar-refractivity contribution < 1.29 is 4.74 Å². The normalized spacial score (nSPS) is 11.6. The molecule has 0 atom stereocenters. The highest BCUT2D eigenvalue weighted by Gasteiger charge is 2.08. The van der Waals surface area contributed by atoms with E-state index < -0.39 is 0 Å². The molecule has 3 aromatic rings. The second-order valence-electron chi connectivity index (χ2n) is 6.00. The van der Waals surface area contributed by atoms with E-state index in [0.29, 0.717) is 30.2 Å². The Morgan fingerprint density at radius 2 is 1.70 bits per heavy atom. The predicted molar refractivity (Wildman–Crippen MR) is 109 cm³/mol. The summed E-state index contributed by atoms with van der Waals surface area (Å²) in [6, 6.07) is 19.2. The van der Waals surface area contributed by atoms with Crippen LogP contribution in [0.2, 0.25) is 0 Å². The number of benzene rings is 2. The Bertz CT molecular complexity index is 951. The zero-order valence-electron chi connectivity index (χ0n) is 14.9. The first-order valence-corrected chi connectivity index (χ1v) is 8.63. The van der Waals surface area contributed by atoms with Crippen molar-refractivity contribution in [2.75, 3.05) is 0 Å². The maximum atomic E-state index is 7.74. The molecule has 0 aliphatic heterocycles. The van der Waals surface area contributed by atoms with Crippen molar-refractivity contribution >= 4 is 17.5 Å². The van der Waals surface area contributed by atoms with Gasteiger partial charge in [-0.05, 0) is 41.0 Å². The van der Waals surface area contributed by atoms with Gasteiger partial charge in [-0.25, -0.2) is 0 Å². The summed E-state index contributed by atoms with van der Waals surface area (Å²) in [6.45, 7) is 0.909. The van der Waals surface area contributed by atoms with Crippen molar-refractivity contribution in [3.8, 4) is 5.75 Å². The Morgan fingerprint density at radius 1 is 0.963 bits per heavy atom. The first-order valence-electron chi connectivity index (χ1n) is 8.63. The lowest BCUT2D eigenvalue weighted by Crippen LogP contribution is -2.05. The molecule has 0 amide bonds. The van der Waals surface area contributed by atoms with Crippen molar-refractivity contribution in [2.45, 2.75) is 13.2 Å². The van der Waals surface area contributed by atoms with Crippen LogP contribution in [0.1, 0.15) is 22.3 Å². The van der Waals surface area contributed by atoms with Crippen molar-refractivity contribution in [3.05, 3.63) is 95.3 Å². The fraction of sp³-hybridized carbons (Fsp3) is 0.0909. The maximum absolute atomic E-state index is 7.74. The van der Waals surface area contributed by atoms with E-state index in [1.165, 1.54) is 6.21 Å². The number of pyridine rings is 1. The molecule has 1 aromatic heterocycles. The summed E-state index contributed by atoms with van der Waals surface area (Å²) in [4.78, 5) is 4.01. The van der Waals surface area contributed by atoms with Crippen LogP contribution >= 0.6 is 0 Å². The topological polar surface area (TPSA) is 98.0 Å². The molecule has 136 valence electrons. The van der Waals surface area contributed by atoms with E-state index >= 15 is 0 Å². The van der Waals surface area contributed by atoms with E-state index in [2.05, 4.69) is 4.98 Å². The van der Waals surface area contributed by atoms with Gasteiger partial charge in [0.15, 0.2) is 0 Å². The molecule has 5 heteroatoms. The lowest BCUT2D eigenvalue weighted by Gasteiger charge is -2.12. The van der Waals surface area contributed by atoms with Crippen LogP contribution in [0.25, 0.3) is 11.3 Å². The van der Waals surface area contributed by atoms with Gasteiger partial charge in [0.05, 0.1) is 0 Å². The zero-order valence-corrected chi connectivity index (χ0v) is 14.9. The van der Waals surface area contributed by atoms with Gasteiger partial charge in [0, 0.05) is 42.0 Å². The van der Waals surface area contributed by atoms with Gasteiger partial charge in [0.1, 0.15) is 12.4 Å². The molecule has 0 unspecified atom stereocenters. The van der Waals surface area contributed by atoms with Gasteiger partial charge in [-0.1, -0.05) is 36.4 Å². The molecule has 27 heavy (non-hydrogen) atoms. The third-order valence-corrected chi connectivity index (χ3v) is 4.30. The third kappa shape index (κ3) is 4.40. The van der Waals surface area contributed by atoms with Crippen LogP contribution in [0.5, 0.6) is 5.75 Å². The zero-order chi connectivity index (χ0) is 19.1. The second-order valence-corrected chi connectivity index (χ2v) is 6.00. The number of aromatic nitrogens is 1. The summed E-state index contributed by atoms with van der Waals surface area (Å²) in [6.07, 6.45) is 4.62. The number of hydrogen-bond acceptors (Lipinski definition) is 5. The minimum absolute atomic E-state index is 0.433. The smallest absolute Gasteiger partial charge is 0.120 e. The van der Waals surface area contributed by atoms with Crippen molar-refractivity contribution in [2.24, 2.45) is 11.5 Å². The average Bonchev–Trinajstić information content (AvgIpc) is 2.74. The Kier molecular flexibility index (Phi) is 5.97. The van der Waals surface area contributed by atoms with Crippen LogP contribution in [0, 0.1) is 5.41 Å². The number of ether oxygens (including phenoxy) is 1. The fourth-order valence-corrected chi connectivity index (χ4v) is 2.82. The third-order valence-electron chi connectivity index (χ3n) is 4.30. The quantitative estimate of drug-likeness (QED) is 0.562. The number of nitrogens with two attached hydrogens (primary N) is 2. The summed E-state index contributed by atoms with van der Waals surface area (Å²) in [5.74, 6) is 0.710. The number of allylic oxidation sites excluding steroid dienone is 1. The highest BCUT2D eigenvalue weighted by molar-refractivity contribution is 6.17. The van der Waals surface area contributed by atoms with Crippen molar-refractivity contribution in [1.82, 2.24) is 4.98 Å². The van der Waals surface area contributed by atoms with Gasteiger partial charge in [-0.2, -0.15) is 0 Å². The molecular formula is C22H22N4O. The average molecular weight is 358 g/mol. The van der Waals surface area contributed by atoms with E-state index in [-0.39, 0.29) is 0 Å². The van der Waals surface area contributed by atoms with E-state index in [0.717, 1.165) is 22.3 Å². The van der Waals surface area contributed by atoms with Crippen LogP contribution < -0.4 is 16.2 Å². The Hall–Kier alpha value is -3.44. The Labute approximate surface area is 158 Å². The number of hydrogen-bond donors (Lipinski definition) is 3. The second kappa shape index (κ2) is 8.78. The minimum atomic E-state index is 0.433. The first-order chi connectivity index (χ1) is 13.2. The predicted octanol–water partition coefficient (Wildman–Crippen LogP) is 3.60. The van der Waals surface area contributed by atoms with Crippen molar-refractivity contribution in [3.63, 3.8) is 0 Å². The summed E-state index contributed by atoms with van der Waals surface area (Å²) in [5, 5.41) is 7.74. The lowest BCUT2D eigenvalue weighted by molar-refractivity contribution is 0.305. The standard InChI is InChI=1S/C22H22N4O/c23-13-18-4-1-2-5-19(18)15-27-20-7-3-6-17(12-20)22(25)21(14-24)16-8-10-26-11-9-16/h1-12,14,24H,13,15,23,25H2/b22-21+,24-14?. The SMILES string of the molecule is N=C/C(=C(\N)c1cccc(OCc2ccccc2CN)c1)c1ccncc1. The van der Waals surface area contributed by atoms with E-state index in [1.807, 2.05) is 60.7 Å². The number of nitrogens with zero attached hydrogens (tertiary/aromatic N) is 1. The number of rotatable bonds is 7. The molecule has 3 rings (SSSR count). The largest absolute Gasteiger partial charge is 0.489 e. The lowest BCUT2D eigenvalue weighted by atomic mass is 10.0. The van der Waals surface area contributed by atoms with Crippen molar-refractivity contribution in [1.29, 1.82) is 5.41 Å². The molecule has 0 radical (unpaired) electrons. The monoisotopic (exact) mass is 358 g/mol. The molecule has 5 N–H and O–H groups in total. The van der Waals surface area contributed by atoms with E-state index in [9.17, 15) is 0 Å². The molecule has 0 saturated carbocycles. The highest BCUT2D eigenvalue weighted by atomic mass is 16.5. The van der Waals surface area contributed by atoms with E-state index in [1.54, 1.807) is 12.4 Å². The van der Waals surface area contributed by atoms with Crippen LogP contribution in [0.15, 0.2) is 73.1 Å². The van der Waals surface area contributed by atoms with Crippen LogP contribution in [-0.2, 0) is 13.2 Å². The molecular weight excluding hydrogens is 336 g/mol. The van der Waals surface area contributed by atoms with E-state index in [4.69, 9.17) is 21.6 Å². The summed E-state index contributed by atoms with van der Waals surface area (Å²) >= 11 is 0. The maximum Gasteiger partial charge on any atom is 0.120 e. The van der Waals surface area contributed by atoms with Gasteiger partial charge < -0.3 is 21.6 Å². The van der Waals surface area contributed by atoms with Crippen LogP contribution in [0.4, 0.5) is 0 Å². The molecule has 1 heterocycles. The van der Waals surface area contributed by atoms with Gasteiger partial charge >= 0.3 is 0 Å². The number of nitrogens with one attached hydrogen (secondary N) is 1. The van der Waals surface area contributed by atoms with Gasteiger partial charge in [-0.3, -0.25) is 4.98 Å². The molecule has 0 fully saturated rings. The van der Waals surface area contributed by atoms with Gasteiger partial charge in [0.25, 0.3) is 0 Å². The van der Waals surface area contributed by atoms with Gasteiger partial charge in [-0.15, -0.1) is 0 Å². The Morgan fingerprint density at radius 3 is 2.41 bits per heavy atom. The Balaban J connectivity index is 1.84. The molecule has 0 bridgehead atoms. The molecule has 0 spiro atoms. The van der Waals surface area contributed by atoms with Gasteiger partial charge in [0.2, 0.25) is 0 Å². The molecule has 0 saturated heterocycles. The van der Waals surface area contributed by atoms with Crippen LogP contribution in [-0.4, -0.2) is 11.2 Å². The summed E-state index contributed by atoms with van der Waals surface area (Å²) in [5.41, 5.74) is 17.1. The summed E-state index contributed by atoms with van der Waals surface area (Å²) < 4.78 is 5.94.